The molecule has 1 saturated carbocycles. The topological polar surface area (TPSA) is 6.48 Å². The molecule has 0 N–H and O–H groups in total. The van der Waals surface area contributed by atoms with Crippen LogP contribution in [0.5, 0.6) is 0 Å². The van der Waals surface area contributed by atoms with Crippen LogP contribution in [-0.2, 0) is 37.9 Å². The minimum atomic E-state index is 0.0250. The Morgan fingerprint density at radius 2 is 0.957 bits per heavy atom. The summed E-state index contributed by atoms with van der Waals surface area (Å²) in [7, 11) is 0. The maximum atomic E-state index is 2.81. The lowest BCUT2D eigenvalue weighted by Crippen LogP contribution is -2.61. The molecule has 6 aromatic rings. The van der Waals surface area contributed by atoms with Crippen molar-refractivity contribution in [1.29, 1.82) is 0 Å². The first-order valence-electron chi connectivity index (χ1n) is 27.6. The summed E-state index contributed by atoms with van der Waals surface area (Å²) in [5.74, 6) is 0.543. The molecule has 0 spiro atoms. The molecule has 2 nitrogen and oxygen atoms in total. The van der Waals surface area contributed by atoms with Gasteiger partial charge in [-0.3, -0.25) is 0 Å². The zero-order valence-electron chi connectivity index (χ0n) is 45.7. The fraction of sp³-hybridized carbons (Fsp3) is 0.515. The van der Waals surface area contributed by atoms with Crippen LogP contribution in [0.3, 0.4) is 0 Å². The third-order valence-electron chi connectivity index (χ3n) is 19.8. The van der Waals surface area contributed by atoms with E-state index in [0.717, 1.165) is 0 Å². The maximum absolute atomic E-state index is 2.81. The second-order valence-corrected chi connectivity index (χ2v) is 29.5. The van der Waals surface area contributed by atoms with Gasteiger partial charge in [0, 0.05) is 43.3 Å². The Balaban J connectivity index is 1.23. The van der Waals surface area contributed by atoms with Gasteiger partial charge in [-0.15, -0.1) is 11.3 Å². The van der Waals surface area contributed by atoms with Gasteiger partial charge < -0.3 is 9.80 Å². The van der Waals surface area contributed by atoms with Gasteiger partial charge in [-0.25, -0.2) is 0 Å². The SMILES string of the molecule is CC(C)(C)c1ccc2sc3c(c2c1)N(c1ccc2c(c1)C(C)(C)CCC2(C)C)c1cc(C2CCCCC2)cc2c1B3c1cc3c(cc1N2c1ccc2c(c1)C(C)(C)CCC2(C)C)C(C)(C)CCC3(C)C. The quantitative estimate of drug-likeness (QED) is 0.163. The lowest BCUT2D eigenvalue weighted by molar-refractivity contribution is 0.332. The zero-order chi connectivity index (χ0) is 49.5. The van der Waals surface area contributed by atoms with Crippen molar-refractivity contribution in [3.05, 3.63) is 123 Å². The van der Waals surface area contributed by atoms with E-state index < -0.39 is 0 Å². The van der Waals surface area contributed by atoms with Crippen molar-refractivity contribution in [3.63, 3.8) is 0 Å². The molecule has 0 saturated heterocycles. The average Bonchev–Trinajstić information content (AvgIpc) is 3.69. The Morgan fingerprint density at radius 3 is 1.49 bits per heavy atom. The molecule has 4 aliphatic carbocycles. The molecular weight excluding hydrogens is 864 g/mol. The summed E-state index contributed by atoms with van der Waals surface area (Å²) in [6, 6.07) is 33.8. The lowest BCUT2D eigenvalue weighted by Gasteiger charge is -2.48. The van der Waals surface area contributed by atoms with Crippen LogP contribution in [0, 0.1) is 0 Å². The molecule has 0 unspecified atom stereocenters. The molecule has 70 heavy (non-hydrogen) atoms. The average molecular weight is 945 g/mol. The number of anilines is 6. The summed E-state index contributed by atoms with van der Waals surface area (Å²) in [6.45, 7) is 37.3. The molecule has 12 rings (SSSR count). The van der Waals surface area contributed by atoms with Crippen molar-refractivity contribution >= 4 is 78.0 Å². The Labute approximate surface area is 427 Å². The Kier molecular flexibility index (Phi) is 10.1. The molecule has 1 aromatic heterocycles. The number of hydrogen-bond donors (Lipinski definition) is 0. The highest BCUT2D eigenvalue weighted by molar-refractivity contribution is 7.33. The van der Waals surface area contributed by atoms with Crippen LogP contribution in [-0.4, -0.2) is 6.71 Å². The largest absolute Gasteiger partial charge is 0.311 e. The van der Waals surface area contributed by atoms with Crippen LogP contribution < -0.4 is 25.5 Å². The van der Waals surface area contributed by atoms with Gasteiger partial charge >= 0.3 is 0 Å². The minimum absolute atomic E-state index is 0.0250. The monoisotopic (exact) mass is 945 g/mol. The van der Waals surface area contributed by atoms with Crippen molar-refractivity contribution in [3.8, 4) is 0 Å². The molecule has 0 amide bonds. The third-order valence-corrected chi connectivity index (χ3v) is 21.0. The smallest absolute Gasteiger partial charge is 0.264 e. The van der Waals surface area contributed by atoms with Crippen molar-refractivity contribution < 1.29 is 0 Å². The summed E-state index contributed by atoms with van der Waals surface area (Å²) < 4.78 is 2.90. The summed E-state index contributed by atoms with van der Waals surface area (Å²) in [5, 5.41) is 1.41. The van der Waals surface area contributed by atoms with E-state index >= 15 is 0 Å². The number of benzene rings is 5. The number of nitrogens with zero attached hydrogens (tertiary/aromatic N) is 2. The van der Waals surface area contributed by atoms with Gasteiger partial charge in [-0.05, 0) is 205 Å². The van der Waals surface area contributed by atoms with Crippen LogP contribution in [0.15, 0.2) is 78.9 Å². The molecule has 0 atom stereocenters. The van der Waals surface area contributed by atoms with E-state index in [4.69, 9.17) is 0 Å². The van der Waals surface area contributed by atoms with E-state index in [1.54, 1.807) is 11.1 Å². The van der Waals surface area contributed by atoms with Crippen molar-refractivity contribution in [2.45, 2.75) is 218 Å². The van der Waals surface area contributed by atoms with E-state index in [2.05, 4.69) is 204 Å². The van der Waals surface area contributed by atoms with Gasteiger partial charge in [-0.2, -0.15) is 0 Å². The Morgan fingerprint density at radius 1 is 0.486 bits per heavy atom. The molecule has 1 fully saturated rings. The normalized spacial score (nSPS) is 22.1. The van der Waals surface area contributed by atoms with E-state index in [1.807, 2.05) is 0 Å². The first-order chi connectivity index (χ1) is 32.8. The molecule has 5 aromatic carbocycles. The van der Waals surface area contributed by atoms with E-state index in [9.17, 15) is 0 Å². The summed E-state index contributed by atoms with van der Waals surface area (Å²) in [5.41, 5.74) is 24.0. The van der Waals surface area contributed by atoms with Crippen molar-refractivity contribution in [1.82, 2.24) is 0 Å². The molecule has 0 bridgehead atoms. The highest BCUT2D eigenvalue weighted by Gasteiger charge is 2.49. The first kappa shape index (κ1) is 46.8. The van der Waals surface area contributed by atoms with Crippen molar-refractivity contribution in [2.75, 3.05) is 9.80 Å². The Bertz CT molecular complexity index is 3160. The van der Waals surface area contributed by atoms with Crippen LogP contribution in [0.1, 0.15) is 225 Å². The molecule has 4 heteroatoms. The third kappa shape index (κ3) is 6.97. The molecule has 6 aliphatic rings. The number of rotatable bonds is 3. The predicted octanol–water partition coefficient (Wildman–Crippen LogP) is 17.4. The summed E-state index contributed by atoms with van der Waals surface area (Å²) >= 11 is 2.07. The number of hydrogen-bond acceptors (Lipinski definition) is 3. The second kappa shape index (κ2) is 15.1. The van der Waals surface area contributed by atoms with Gasteiger partial charge in [0.1, 0.15) is 0 Å². The molecule has 3 heterocycles. The minimum Gasteiger partial charge on any atom is -0.311 e. The van der Waals surface area contributed by atoms with Gasteiger partial charge in [-0.1, -0.05) is 147 Å². The number of thiophene rings is 1. The van der Waals surface area contributed by atoms with Gasteiger partial charge in [0.2, 0.25) is 0 Å². The van der Waals surface area contributed by atoms with Gasteiger partial charge in [0.25, 0.3) is 6.71 Å². The van der Waals surface area contributed by atoms with E-state index in [-0.39, 0.29) is 44.6 Å². The maximum Gasteiger partial charge on any atom is 0.264 e. The summed E-state index contributed by atoms with van der Waals surface area (Å²) in [4.78, 5) is 5.62. The van der Waals surface area contributed by atoms with E-state index in [1.165, 1.54) is 164 Å². The second-order valence-electron chi connectivity index (χ2n) is 28.4. The highest BCUT2D eigenvalue weighted by atomic mass is 32.1. The number of fused-ring (bicyclic) bond motifs is 9. The van der Waals surface area contributed by atoms with Crippen LogP contribution in [0.25, 0.3) is 10.1 Å². The fourth-order valence-electron chi connectivity index (χ4n) is 14.7. The molecule has 0 radical (unpaired) electrons. The zero-order valence-corrected chi connectivity index (χ0v) is 46.6. The first-order valence-corrected chi connectivity index (χ1v) is 28.4. The van der Waals surface area contributed by atoms with Crippen LogP contribution in [0.4, 0.5) is 34.1 Å². The van der Waals surface area contributed by atoms with Crippen molar-refractivity contribution in [2.24, 2.45) is 0 Å². The lowest BCUT2D eigenvalue weighted by atomic mass is 9.35. The van der Waals surface area contributed by atoms with Gasteiger partial charge in [0.05, 0.1) is 5.69 Å². The Hall–Kier alpha value is -4.28. The predicted molar refractivity (Wildman–Crippen MR) is 306 cm³/mol. The highest BCUT2D eigenvalue weighted by Crippen LogP contribution is 2.56. The molecular formula is C66H81BN2S. The molecule has 2 aliphatic heterocycles. The summed E-state index contributed by atoms with van der Waals surface area (Å²) in [6.07, 6.45) is 13.7. The van der Waals surface area contributed by atoms with Crippen LogP contribution in [0.2, 0.25) is 0 Å². The van der Waals surface area contributed by atoms with Gasteiger partial charge in [0.15, 0.2) is 0 Å². The van der Waals surface area contributed by atoms with E-state index in [0.29, 0.717) is 5.92 Å². The standard InChI is InChI=1S/C66H81BN2S/c1-60(2,3)42-21-26-56-45(35-42)58-59(70-56)67-52-38-50-51(66(14,15)32-31-65(50,12)13)39-53(52)68(43-22-24-46-48(36-43)63(8,9)29-27-61(46,4)5)54-33-41(40-19-17-16-18-20-40)34-55(57(54)67)69(58)44-23-25-47-49(37-44)64(10,11)30-28-62(47,6)7/h21-26,33-40H,16-20,27-32H2,1-15H3. The molecule has 364 valence electrons. The van der Waals surface area contributed by atoms with Crippen LogP contribution >= 0.6 is 11.3 Å². The fourth-order valence-corrected chi connectivity index (χ4v) is 16.0.